The molecule has 0 spiro atoms. The number of likely N-dealkylation sites (tertiary alicyclic amines) is 1. The fourth-order valence-corrected chi connectivity index (χ4v) is 3.25. The van der Waals surface area contributed by atoms with E-state index in [2.05, 4.69) is 17.4 Å². The predicted molar refractivity (Wildman–Crippen MR) is 99.8 cm³/mol. The molecule has 1 fully saturated rings. The maximum Gasteiger partial charge on any atom is 0.258 e. The lowest BCUT2D eigenvalue weighted by Crippen LogP contribution is -2.44. The molecule has 136 valence electrons. The summed E-state index contributed by atoms with van der Waals surface area (Å²) in [4.78, 5) is 26.3. The Kier molecular flexibility index (Phi) is 6.25. The average molecular weight is 352 g/mol. The zero-order valence-corrected chi connectivity index (χ0v) is 14.8. The Balaban J connectivity index is 1.44. The summed E-state index contributed by atoms with van der Waals surface area (Å²) < 4.78 is 5.39. The van der Waals surface area contributed by atoms with E-state index in [9.17, 15) is 9.59 Å². The number of benzene rings is 2. The van der Waals surface area contributed by atoms with E-state index < -0.39 is 0 Å². The third-order valence-electron chi connectivity index (χ3n) is 4.56. The molecule has 1 aliphatic rings. The summed E-state index contributed by atoms with van der Waals surface area (Å²) >= 11 is 0. The van der Waals surface area contributed by atoms with Gasteiger partial charge in [-0.25, -0.2) is 0 Å². The molecule has 2 aromatic rings. The van der Waals surface area contributed by atoms with Crippen LogP contribution in [0.5, 0.6) is 5.75 Å². The van der Waals surface area contributed by atoms with Crippen LogP contribution in [-0.2, 0) is 16.0 Å². The van der Waals surface area contributed by atoms with Crippen molar-refractivity contribution < 1.29 is 14.3 Å². The summed E-state index contributed by atoms with van der Waals surface area (Å²) in [6.07, 6.45) is 2.87. The van der Waals surface area contributed by atoms with E-state index >= 15 is 0 Å². The van der Waals surface area contributed by atoms with Crippen LogP contribution < -0.4 is 10.1 Å². The molecule has 1 N–H and O–H groups in total. The fraction of sp³-hybridized carbons (Fsp3) is 0.333. The molecule has 0 radical (unpaired) electrons. The number of hydrogen-bond acceptors (Lipinski definition) is 3. The largest absolute Gasteiger partial charge is 0.484 e. The lowest BCUT2D eigenvalue weighted by atomic mass is 10.0. The number of nitrogens with zero attached hydrogens (tertiary/aromatic N) is 1. The second-order valence-electron chi connectivity index (χ2n) is 6.45. The van der Waals surface area contributed by atoms with Crippen molar-refractivity contribution >= 4 is 11.8 Å². The van der Waals surface area contributed by atoms with Gasteiger partial charge in [0.15, 0.2) is 6.61 Å². The van der Waals surface area contributed by atoms with Crippen LogP contribution in [0.4, 0.5) is 0 Å². The van der Waals surface area contributed by atoms with Crippen LogP contribution in [0.15, 0.2) is 60.7 Å². The van der Waals surface area contributed by atoms with Crippen molar-refractivity contribution in [2.75, 3.05) is 19.7 Å². The van der Waals surface area contributed by atoms with Gasteiger partial charge in [-0.1, -0.05) is 48.5 Å². The van der Waals surface area contributed by atoms with Gasteiger partial charge in [0, 0.05) is 12.6 Å². The van der Waals surface area contributed by atoms with Gasteiger partial charge in [-0.3, -0.25) is 9.59 Å². The van der Waals surface area contributed by atoms with Crippen LogP contribution in [0.25, 0.3) is 0 Å². The first-order valence-corrected chi connectivity index (χ1v) is 9.00. The highest BCUT2D eigenvalue weighted by Crippen LogP contribution is 2.21. The van der Waals surface area contributed by atoms with E-state index in [1.165, 1.54) is 5.56 Å². The van der Waals surface area contributed by atoms with Gasteiger partial charge < -0.3 is 15.0 Å². The molecule has 0 saturated carbocycles. The quantitative estimate of drug-likeness (QED) is 0.832. The Morgan fingerprint density at radius 2 is 1.73 bits per heavy atom. The summed E-state index contributed by atoms with van der Waals surface area (Å²) in [7, 11) is 0. The first-order valence-electron chi connectivity index (χ1n) is 9.00. The molecule has 0 aliphatic carbocycles. The molecular weight excluding hydrogens is 328 g/mol. The molecule has 0 aromatic heterocycles. The molecule has 3 rings (SSSR count). The van der Waals surface area contributed by atoms with Crippen molar-refractivity contribution in [2.45, 2.75) is 25.3 Å². The van der Waals surface area contributed by atoms with Crippen LogP contribution in [0.1, 0.15) is 18.4 Å². The van der Waals surface area contributed by atoms with Crippen molar-refractivity contribution in [3.63, 3.8) is 0 Å². The molecule has 2 aromatic carbocycles. The Morgan fingerprint density at radius 1 is 1.04 bits per heavy atom. The molecule has 0 bridgehead atoms. The molecule has 2 amide bonds. The highest BCUT2D eigenvalue weighted by molar-refractivity contribution is 5.85. The topological polar surface area (TPSA) is 58.6 Å². The first-order chi connectivity index (χ1) is 12.7. The van der Waals surface area contributed by atoms with Gasteiger partial charge >= 0.3 is 0 Å². The summed E-state index contributed by atoms with van der Waals surface area (Å²) in [6, 6.07) is 19.6. The Hall–Kier alpha value is -2.82. The summed E-state index contributed by atoms with van der Waals surface area (Å²) in [6.45, 7) is 0.680. The third-order valence-corrected chi connectivity index (χ3v) is 4.56. The number of hydrogen-bond donors (Lipinski definition) is 1. The Labute approximate surface area is 154 Å². The van der Waals surface area contributed by atoms with Crippen molar-refractivity contribution in [2.24, 2.45) is 0 Å². The SMILES string of the molecule is O=C(COc1ccccc1)NCC(=O)N1CCCC1Cc1ccccc1. The molecular formula is C21H24N2O3. The normalized spacial score (nSPS) is 16.3. The maximum absolute atomic E-state index is 12.5. The number of para-hydroxylation sites is 1. The number of carbonyl (C=O) groups excluding carboxylic acids is 2. The molecule has 1 atom stereocenters. The number of ether oxygens (including phenoxy) is 1. The summed E-state index contributed by atoms with van der Waals surface area (Å²) in [5.41, 5.74) is 1.23. The molecule has 1 unspecified atom stereocenters. The van der Waals surface area contributed by atoms with Gasteiger partial charge in [-0.2, -0.15) is 0 Å². The molecule has 1 heterocycles. The van der Waals surface area contributed by atoms with Crippen LogP contribution >= 0.6 is 0 Å². The van der Waals surface area contributed by atoms with Crippen LogP contribution in [0, 0.1) is 0 Å². The second-order valence-corrected chi connectivity index (χ2v) is 6.45. The number of nitrogens with one attached hydrogen (secondary N) is 1. The number of carbonyl (C=O) groups is 2. The van der Waals surface area contributed by atoms with Crippen molar-refractivity contribution in [3.8, 4) is 5.75 Å². The zero-order valence-electron chi connectivity index (χ0n) is 14.8. The van der Waals surface area contributed by atoms with E-state index in [-0.39, 0.29) is 31.0 Å². The average Bonchev–Trinajstić information content (AvgIpc) is 3.14. The minimum absolute atomic E-state index is 0.0161. The molecule has 5 nitrogen and oxygen atoms in total. The van der Waals surface area contributed by atoms with E-state index in [4.69, 9.17) is 4.74 Å². The monoisotopic (exact) mass is 352 g/mol. The van der Waals surface area contributed by atoms with Crippen LogP contribution in [-0.4, -0.2) is 42.5 Å². The molecule has 5 heteroatoms. The third kappa shape index (κ3) is 5.09. The smallest absolute Gasteiger partial charge is 0.258 e. The number of rotatable bonds is 7. The highest BCUT2D eigenvalue weighted by Gasteiger charge is 2.28. The second kappa shape index (κ2) is 9.04. The van der Waals surface area contributed by atoms with Gasteiger partial charge in [0.1, 0.15) is 5.75 Å². The minimum Gasteiger partial charge on any atom is -0.484 e. The van der Waals surface area contributed by atoms with Crippen molar-refractivity contribution in [3.05, 3.63) is 66.2 Å². The number of amides is 2. The lowest BCUT2D eigenvalue weighted by Gasteiger charge is -2.25. The van der Waals surface area contributed by atoms with E-state index in [1.807, 2.05) is 41.3 Å². The van der Waals surface area contributed by atoms with Crippen molar-refractivity contribution in [1.82, 2.24) is 10.2 Å². The minimum atomic E-state index is -0.291. The maximum atomic E-state index is 12.5. The predicted octanol–water partition coefficient (Wildman–Crippen LogP) is 2.42. The van der Waals surface area contributed by atoms with Gasteiger partial charge in [0.2, 0.25) is 5.91 Å². The van der Waals surface area contributed by atoms with Gasteiger partial charge in [0.05, 0.1) is 6.54 Å². The summed E-state index contributed by atoms with van der Waals surface area (Å²) in [5.74, 6) is 0.314. The molecule has 26 heavy (non-hydrogen) atoms. The standard InChI is InChI=1S/C21H24N2O3/c24-20(16-26-19-11-5-2-6-12-19)22-15-21(25)23-13-7-10-18(23)14-17-8-3-1-4-9-17/h1-6,8-9,11-12,18H,7,10,13-16H2,(H,22,24). The van der Waals surface area contributed by atoms with E-state index in [0.717, 1.165) is 25.8 Å². The van der Waals surface area contributed by atoms with Gasteiger partial charge in [-0.05, 0) is 37.0 Å². The Morgan fingerprint density at radius 3 is 2.46 bits per heavy atom. The van der Waals surface area contributed by atoms with Crippen LogP contribution in [0.3, 0.4) is 0 Å². The van der Waals surface area contributed by atoms with Gasteiger partial charge in [-0.15, -0.1) is 0 Å². The summed E-state index contributed by atoms with van der Waals surface area (Å²) in [5, 5.41) is 2.66. The fourth-order valence-electron chi connectivity index (χ4n) is 3.25. The molecule has 1 aliphatic heterocycles. The zero-order chi connectivity index (χ0) is 18.2. The van der Waals surface area contributed by atoms with Crippen molar-refractivity contribution in [1.29, 1.82) is 0 Å². The molecule has 1 saturated heterocycles. The Bertz CT molecular complexity index is 719. The van der Waals surface area contributed by atoms with Crippen LogP contribution in [0.2, 0.25) is 0 Å². The van der Waals surface area contributed by atoms with E-state index in [0.29, 0.717) is 5.75 Å². The first kappa shape index (κ1) is 18.0. The highest BCUT2D eigenvalue weighted by atomic mass is 16.5. The van der Waals surface area contributed by atoms with E-state index in [1.54, 1.807) is 12.1 Å². The lowest BCUT2D eigenvalue weighted by molar-refractivity contribution is -0.134. The van der Waals surface area contributed by atoms with Gasteiger partial charge in [0.25, 0.3) is 5.91 Å².